The number of hydrogen-bond acceptors (Lipinski definition) is 2. The molecule has 0 atom stereocenters. The number of rotatable bonds is 4. The van der Waals surface area contributed by atoms with E-state index in [9.17, 15) is 10.5 Å². The molecule has 0 bridgehead atoms. The molecule has 0 aliphatic rings. The van der Waals surface area contributed by atoms with Gasteiger partial charge in [-0.15, -0.1) is 0 Å². The van der Waals surface area contributed by atoms with Crippen LogP contribution in [0.5, 0.6) is 0 Å². The van der Waals surface area contributed by atoms with Crippen molar-refractivity contribution < 1.29 is 0 Å². The molecule has 2 aromatic heterocycles. The fourth-order valence-corrected chi connectivity index (χ4v) is 7.33. The number of hydrogen-bond donors (Lipinski definition) is 0. The van der Waals surface area contributed by atoms with Crippen LogP contribution in [0.15, 0.2) is 158 Å². The largest absolute Gasteiger partial charge is 0.309 e. The third-order valence-electron chi connectivity index (χ3n) is 9.35. The van der Waals surface area contributed by atoms with Crippen LogP contribution in [0.4, 0.5) is 0 Å². The molecule has 0 spiro atoms. The highest BCUT2D eigenvalue weighted by molar-refractivity contribution is 6.10. The van der Waals surface area contributed by atoms with Crippen LogP contribution in [0.25, 0.3) is 77.2 Å². The molecule has 9 aromatic rings. The zero-order chi connectivity index (χ0) is 32.2. The van der Waals surface area contributed by atoms with Crippen molar-refractivity contribution in [2.45, 2.75) is 0 Å². The molecule has 0 aliphatic carbocycles. The van der Waals surface area contributed by atoms with Gasteiger partial charge in [-0.2, -0.15) is 10.5 Å². The molecule has 7 aromatic carbocycles. The zero-order valence-corrected chi connectivity index (χ0v) is 25.8. The lowest BCUT2D eigenvalue weighted by molar-refractivity contribution is 1.18. The number of para-hydroxylation sites is 4. The topological polar surface area (TPSA) is 57.4 Å². The zero-order valence-electron chi connectivity index (χ0n) is 25.8. The molecule has 2 heterocycles. The summed E-state index contributed by atoms with van der Waals surface area (Å²) in [6.45, 7) is 0. The first-order valence-corrected chi connectivity index (χ1v) is 15.9. The van der Waals surface area contributed by atoms with Gasteiger partial charge in [-0.3, -0.25) is 0 Å². The normalized spacial score (nSPS) is 11.3. The molecule has 0 fully saturated rings. The van der Waals surface area contributed by atoms with Gasteiger partial charge in [0.15, 0.2) is 0 Å². The Hall–Kier alpha value is -6.88. The van der Waals surface area contributed by atoms with Crippen molar-refractivity contribution in [1.82, 2.24) is 9.13 Å². The van der Waals surface area contributed by atoms with Gasteiger partial charge in [-0.05, 0) is 77.4 Å². The van der Waals surface area contributed by atoms with Gasteiger partial charge in [0.25, 0.3) is 0 Å². The van der Waals surface area contributed by atoms with Crippen LogP contribution in [0, 0.1) is 22.7 Å². The van der Waals surface area contributed by atoms with Gasteiger partial charge < -0.3 is 9.13 Å². The molecule has 48 heavy (non-hydrogen) atoms. The lowest BCUT2D eigenvalue weighted by atomic mass is 9.94. The van der Waals surface area contributed by atoms with E-state index in [0.717, 1.165) is 55.7 Å². The molecular weight excluding hydrogens is 585 g/mol. The van der Waals surface area contributed by atoms with Crippen molar-refractivity contribution in [2.24, 2.45) is 0 Å². The lowest BCUT2D eigenvalue weighted by Crippen LogP contribution is -1.99. The molecule has 4 nitrogen and oxygen atoms in total. The molecule has 0 unspecified atom stereocenters. The van der Waals surface area contributed by atoms with Crippen LogP contribution >= 0.6 is 0 Å². The standard InChI is InChI=1S/C44H26N4/c45-27-29-23-33(26-34(24-29)47-39-18-5-1-14-35(39)36-15-2-6-19-40(36)47)30-11-9-12-31(25-30)44-32(28-46)13-10-22-43(44)48-41-20-7-3-16-37(41)38-17-4-8-21-42(38)48/h1-26H. The van der Waals surface area contributed by atoms with Crippen LogP contribution in [-0.4, -0.2) is 9.13 Å². The summed E-state index contributed by atoms with van der Waals surface area (Å²) in [7, 11) is 0. The highest BCUT2D eigenvalue weighted by atomic mass is 15.0. The second-order valence-electron chi connectivity index (χ2n) is 12.0. The maximum absolute atomic E-state index is 10.4. The Morgan fingerprint density at radius 3 is 1.48 bits per heavy atom. The maximum atomic E-state index is 10.4. The van der Waals surface area contributed by atoms with E-state index in [1.54, 1.807) is 0 Å². The monoisotopic (exact) mass is 610 g/mol. The summed E-state index contributed by atoms with van der Waals surface area (Å²) in [5.41, 5.74) is 11.1. The van der Waals surface area contributed by atoms with Crippen molar-refractivity contribution in [1.29, 1.82) is 10.5 Å². The SMILES string of the molecule is N#Cc1cc(-c2cccc(-c3c(C#N)cccc3-n3c4ccccc4c4ccccc43)c2)cc(-n2c3ccccc3c3ccccc32)c1. The summed E-state index contributed by atoms with van der Waals surface area (Å²) in [4.78, 5) is 0. The molecule has 0 saturated heterocycles. The van der Waals surface area contributed by atoms with Gasteiger partial charge in [0.2, 0.25) is 0 Å². The molecular formula is C44H26N4. The molecule has 0 N–H and O–H groups in total. The summed E-state index contributed by atoms with van der Waals surface area (Å²) in [5, 5.41) is 25.3. The minimum absolute atomic E-state index is 0.582. The van der Waals surface area contributed by atoms with E-state index in [2.05, 4.69) is 149 Å². The van der Waals surface area contributed by atoms with Gasteiger partial charge >= 0.3 is 0 Å². The van der Waals surface area contributed by atoms with E-state index in [0.29, 0.717) is 11.1 Å². The highest BCUT2D eigenvalue weighted by Gasteiger charge is 2.19. The van der Waals surface area contributed by atoms with Gasteiger partial charge in [0.05, 0.1) is 51.0 Å². The molecule has 222 valence electrons. The first kappa shape index (κ1) is 27.4. The highest BCUT2D eigenvalue weighted by Crippen LogP contribution is 2.39. The Kier molecular flexibility index (Phi) is 6.22. The van der Waals surface area contributed by atoms with E-state index in [1.165, 1.54) is 21.5 Å². The van der Waals surface area contributed by atoms with E-state index in [-0.39, 0.29) is 0 Å². The molecule has 0 saturated carbocycles. The van der Waals surface area contributed by atoms with Crippen molar-refractivity contribution in [3.63, 3.8) is 0 Å². The Morgan fingerprint density at radius 1 is 0.396 bits per heavy atom. The third kappa shape index (κ3) is 4.14. The average molecular weight is 611 g/mol. The van der Waals surface area contributed by atoms with Gasteiger partial charge in [-0.1, -0.05) is 97.1 Å². The van der Waals surface area contributed by atoms with E-state index in [1.807, 2.05) is 30.3 Å². The Balaban J connectivity index is 1.26. The van der Waals surface area contributed by atoms with Crippen LogP contribution < -0.4 is 0 Å². The fourth-order valence-electron chi connectivity index (χ4n) is 7.33. The van der Waals surface area contributed by atoms with E-state index in [4.69, 9.17) is 0 Å². The number of aromatic nitrogens is 2. The second kappa shape index (κ2) is 10.9. The van der Waals surface area contributed by atoms with Gasteiger partial charge in [-0.25, -0.2) is 0 Å². The molecule has 0 radical (unpaired) electrons. The molecule has 9 rings (SSSR count). The van der Waals surface area contributed by atoms with Crippen molar-refractivity contribution >= 4 is 43.6 Å². The third-order valence-corrected chi connectivity index (χ3v) is 9.35. The van der Waals surface area contributed by atoms with Crippen molar-refractivity contribution in [3.05, 3.63) is 169 Å². The van der Waals surface area contributed by atoms with Crippen molar-refractivity contribution in [2.75, 3.05) is 0 Å². The number of fused-ring (bicyclic) bond motifs is 6. The van der Waals surface area contributed by atoms with Crippen LogP contribution in [0.2, 0.25) is 0 Å². The number of nitrogens with zero attached hydrogens (tertiary/aromatic N) is 4. The second-order valence-corrected chi connectivity index (χ2v) is 12.0. The minimum atomic E-state index is 0.582. The van der Waals surface area contributed by atoms with E-state index >= 15 is 0 Å². The number of benzene rings is 7. The fraction of sp³-hybridized carbons (Fsp3) is 0. The van der Waals surface area contributed by atoms with Crippen molar-refractivity contribution in [3.8, 4) is 45.8 Å². The number of nitriles is 2. The van der Waals surface area contributed by atoms with Gasteiger partial charge in [0, 0.05) is 32.8 Å². The summed E-state index contributed by atoms with van der Waals surface area (Å²) < 4.78 is 4.51. The maximum Gasteiger partial charge on any atom is 0.0998 e. The molecule has 0 amide bonds. The average Bonchev–Trinajstić information content (AvgIpc) is 3.67. The Labute approximate surface area is 277 Å². The Bertz CT molecular complexity index is 2710. The first-order chi connectivity index (χ1) is 23.7. The van der Waals surface area contributed by atoms with Crippen LogP contribution in [-0.2, 0) is 0 Å². The van der Waals surface area contributed by atoms with Crippen LogP contribution in [0.1, 0.15) is 11.1 Å². The quantitative estimate of drug-likeness (QED) is 0.199. The Morgan fingerprint density at radius 2 is 0.917 bits per heavy atom. The summed E-state index contributed by atoms with van der Waals surface area (Å²) >= 11 is 0. The van der Waals surface area contributed by atoms with Crippen LogP contribution in [0.3, 0.4) is 0 Å². The molecule has 4 heteroatoms. The summed E-state index contributed by atoms with van der Waals surface area (Å²) in [6, 6.07) is 58.8. The predicted molar refractivity (Wildman–Crippen MR) is 195 cm³/mol. The van der Waals surface area contributed by atoms with E-state index < -0.39 is 0 Å². The smallest absolute Gasteiger partial charge is 0.0998 e. The summed E-state index contributed by atoms with van der Waals surface area (Å²) in [6.07, 6.45) is 0. The molecule has 0 aliphatic heterocycles. The van der Waals surface area contributed by atoms with Gasteiger partial charge in [0.1, 0.15) is 0 Å². The summed E-state index contributed by atoms with van der Waals surface area (Å²) in [5.74, 6) is 0. The lowest BCUT2D eigenvalue weighted by Gasteiger charge is -2.17. The minimum Gasteiger partial charge on any atom is -0.309 e. The first-order valence-electron chi connectivity index (χ1n) is 15.9. The predicted octanol–water partition coefficient (Wildman–Crippen LogP) is 11.0.